The van der Waals surface area contributed by atoms with Gasteiger partial charge in [0.1, 0.15) is 18.2 Å². The zero-order valence-electron chi connectivity index (χ0n) is 13.2. The SMILES string of the molecule is Cc1nsc(C(=O)NCc2ccc(OCc3ccccc3)cc2)n1. The average molecular weight is 339 g/mol. The third-order valence-corrected chi connectivity index (χ3v) is 4.15. The molecule has 0 saturated carbocycles. The van der Waals surface area contributed by atoms with Gasteiger partial charge in [-0.05, 0) is 41.7 Å². The highest BCUT2D eigenvalue weighted by Crippen LogP contribution is 2.14. The zero-order chi connectivity index (χ0) is 16.8. The summed E-state index contributed by atoms with van der Waals surface area (Å²) in [5.74, 6) is 1.21. The molecule has 2 aromatic carbocycles. The molecule has 0 spiro atoms. The first-order chi connectivity index (χ1) is 11.7. The van der Waals surface area contributed by atoms with Crippen LogP contribution in [0.2, 0.25) is 0 Å². The number of benzene rings is 2. The number of carbonyl (C=O) groups excluding carboxylic acids is 1. The molecule has 3 rings (SSSR count). The van der Waals surface area contributed by atoms with Crippen molar-refractivity contribution in [2.75, 3.05) is 0 Å². The first kappa shape index (κ1) is 16.1. The van der Waals surface area contributed by atoms with Crippen molar-refractivity contribution < 1.29 is 9.53 Å². The van der Waals surface area contributed by atoms with Gasteiger partial charge in [-0.3, -0.25) is 4.79 Å². The van der Waals surface area contributed by atoms with E-state index in [0.717, 1.165) is 28.4 Å². The van der Waals surface area contributed by atoms with E-state index in [0.29, 0.717) is 24.0 Å². The number of ether oxygens (including phenoxy) is 1. The van der Waals surface area contributed by atoms with Gasteiger partial charge in [0.15, 0.2) is 0 Å². The van der Waals surface area contributed by atoms with Crippen LogP contribution in [0.3, 0.4) is 0 Å². The van der Waals surface area contributed by atoms with Crippen molar-refractivity contribution in [3.8, 4) is 5.75 Å². The molecular weight excluding hydrogens is 322 g/mol. The van der Waals surface area contributed by atoms with Gasteiger partial charge in [-0.1, -0.05) is 42.5 Å². The Morgan fingerprint density at radius 1 is 1.08 bits per heavy atom. The van der Waals surface area contributed by atoms with Crippen molar-refractivity contribution in [3.63, 3.8) is 0 Å². The number of aryl methyl sites for hydroxylation is 1. The molecule has 0 saturated heterocycles. The third-order valence-electron chi connectivity index (χ3n) is 3.35. The van der Waals surface area contributed by atoms with Crippen molar-refractivity contribution in [1.29, 1.82) is 0 Å². The van der Waals surface area contributed by atoms with Crippen molar-refractivity contribution in [2.24, 2.45) is 0 Å². The topological polar surface area (TPSA) is 64.1 Å². The number of nitrogens with one attached hydrogen (secondary N) is 1. The van der Waals surface area contributed by atoms with Crippen LogP contribution in [0.5, 0.6) is 5.75 Å². The van der Waals surface area contributed by atoms with Gasteiger partial charge in [0, 0.05) is 6.54 Å². The smallest absolute Gasteiger partial charge is 0.282 e. The molecule has 5 nitrogen and oxygen atoms in total. The maximum atomic E-state index is 11.9. The lowest BCUT2D eigenvalue weighted by atomic mass is 10.2. The van der Waals surface area contributed by atoms with Gasteiger partial charge in [-0.25, -0.2) is 4.98 Å². The minimum absolute atomic E-state index is 0.204. The van der Waals surface area contributed by atoms with Gasteiger partial charge in [0.2, 0.25) is 5.01 Å². The van der Waals surface area contributed by atoms with Crippen LogP contribution in [-0.4, -0.2) is 15.3 Å². The van der Waals surface area contributed by atoms with Crippen molar-refractivity contribution in [2.45, 2.75) is 20.1 Å². The minimum Gasteiger partial charge on any atom is -0.489 e. The van der Waals surface area contributed by atoms with Gasteiger partial charge >= 0.3 is 0 Å². The van der Waals surface area contributed by atoms with Crippen molar-refractivity contribution in [3.05, 3.63) is 76.6 Å². The number of hydrogen-bond donors (Lipinski definition) is 1. The highest BCUT2D eigenvalue weighted by atomic mass is 32.1. The quantitative estimate of drug-likeness (QED) is 0.748. The molecule has 24 heavy (non-hydrogen) atoms. The zero-order valence-corrected chi connectivity index (χ0v) is 14.0. The third kappa shape index (κ3) is 4.39. The lowest BCUT2D eigenvalue weighted by Gasteiger charge is -2.08. The summed E-state index contributed by atoms with van der Waals surface area (Å²) >= 11 is 1.11. The van der Waals surface area contributed by atoms with Gasteiger partial charge < -0.3 is 10.1 Å². The Labute approximate surface area is 144 Å². The molecule has 0 radical (unpaired) electrons. The fraction of sp³-hybridized carbons (Fsp3) is 0.167. The number of amides is 1. The summed E-state index contributed by atoms with van der Waals surface area (Å²) in [5, 5.41) is 3.22. The second kappa shape index (κ2) is 7.70. The first-order valence-corrected chi connectivity index (χ1v) is 8.32. The summed E-state index contributed by atoms with van der Waals surface area (Å²) in [6.45, 7) is 2.74. The van der Waals surface area contributed by atoms with E-state index >= 15 is 0 Å². The molecule has 0 fully saturated rings. The van der Waals surface area contributed by atoms with Crippen LogP contribution in [0, 0.1) is 6.92 Å². The Morgan fingerprint density at radius 2 is 1.83 bits per heavy atom. The number of aromatic nitrogens is 2. The van der Waals surface area contributed by atoms with E-state index in [1.807, 2.05) is 54.6 Å². The second-order valence-electron chi connectivity index (χ2n) is 5.25. The molecule has 1 aromatic heterocycles. The standard InChI is InChI=1S/C18H17N3O2S/c1-13-20-18(24-21-13)17(22)19-11-14-7-9-16(10-8-14)23-12-15-5-3-2-4-6-15/h2-10H,11-12H2,1H3,(H,19,22). The molecule has 122 valence electrons. The van der Waals surface area contributed by atoms with E-state index in [-0.39, 0.29) is 5.91 Å². The van der Waals surface area contributed by atoms with Crippen LogP contribution in [0.15, 0.2) is 54.6 Å². The Balaban J connectivity index is 1.50. The monoisotopic (exact) mass is 339 g/mol. The maximum absolute atomic E-state index is 11.9. The van der Waals surface area contributed by atoms with Gasteiger partial charge in [0.25, 0.3) is 5.91 Å². The molecule has 0 aliphatic rings. The molecule has 1 heterocycles. The predicted octanol–water partition coefficient (Wildman–Crippen LogP) is 3.36. The summed E-state index contributed by atoms with van der Waals surface area (Å²) in [6, 6.07) is 17.7. The molecule has 1 N–H and O–H groups in total. The molecule has 0 unspecified atom stereocenters. The molecule has 3 aromatic rings. The lowest BCUT2D eigenvalue weighted by Crippen LogP contribution is -2.22. The molecule has 1 amide bonds. The summed E-state index contributed by atoms with van der Waals surface area (Å²) in [6.07, 6.45) is 0. The van der Waals surface area contributed by atoms with E-state index in [2.05, 4.69) is 14.7 Å². The minimum atomic E-state index is -0.204. The second-order valence-corrected chi connectivity index (χ2v) is 6.00. The molecule has 6 heteroatoms. The molecule has 0 aliphatic heterocycles. The van der Waals surface area contributed by atoms with E-state index in [9.17, 15) is 4.79 Å². The van der Waals surface area contributed by atoms with Crippen LogP contribution >= 0.6 is 11.5 Å². The van der Waals surface area contributed by atoms with Crippen molar-refractivity contribution in [1.82, 2.24) is 14.7 Å². The van der Waals surface area contributed by atoms with E-state index in [1.165, 1.54) is 0 Å². The van der Waals surface area contributed by atoms with E-state index in [1.54, 1.807) is 6.92 Å². The number of hydrogen-bond acceptors (Lipinski definition) is 5. The molecular formula is C18H17N3O2S. The lowest BCUT2D eigenvalue weighted by molar-refractivity contribution is 0.0950. The highest BCUT2D eigenvalue weighted by molar-refractivity contribution is 7.07. The Kier molecular flexibility index (Phi) is 5.18. The van der Waals surface area contributed by atoms with Crippen LogP contribution in [0.25, 0.3) is 0 Å². The molecule has 0 atom stereocenters. The summed E-state index contributed by atoms with van der Waals surface area (Å²) < 4.78 is 9.74. The van der Waals surface area contributed by atoms with Crippen molar-refractivity contribution >= 4 is 17.4 Å². The molecule has 0 aliphatic carbocycles. The summed E-state index contributed by atoms with van der Waals surface area (Å²) in [5.41, 5.74) is 2.12. The van der Waals surface area contributed by atoms with Crippen LogP contribution < -0.4 is 10.1 Å². The van der Waals surface area contributed by atoms with E-state index in [4.69, 9.17) is 4.74 Å². The number of rotatable bonds is 6. The van der Waals surface area contributed by atoms with Gasteiger partial charge in [0.05, 0.1) is 0 Å². The fourth-order valence-electron chi connectivity index (χ4n) is 2.09. The fourth-order valence-corrected chi connectivity index (χ4v) is 2.68. The Bertz CT molecular complexity index is 801. The Hall–Kier alpha value is -2.73. The van der Waals surface area contributed by atoms with E-state index < -0.39 is 0 Å². The van der Waals surface area contributed by atoms with Crippen LogP contribution in [0.4, 0.5) is 0 Å². The van der Waals surface area contributed by atoms with Gasteiger partial charge in [-0.15, -0.1) is 0 Å². The summed E-state index contributed by atoms with van der Waals surface area (Å²) in [7, 11) is 0. The Morgan fingerprint density at radius 3 is 2.50 bits per heavy atom. The summed E-state index contributed by atoms with van der Waals surface area (Å²) in [4.78, 5) is 16.0. The molecule has 0 bridgehead atoms. The normalized spacial score (nSPS) is 10.4. The van der Waals surface area contributed by atoms with Gasteiger partial charge in [-0.2, -0.15) is 4.37 Å². The van der Waals surface area contributed by atoms with Crippen LogP contribution in [0.1, 0.15) is 26.8 Å². The highest BCUT2D eigenvalue weighted by Gasteiger charge is 2.10. The largest absolute Gasteiger partial charge is 0.489 e. The maximum Gasteiger partial charge on any atom is 0.282 e. The predicted molar refractivity (Wildman–Crippen MR) is 93.0 cm³/mol. The number of carbonyl (C=O) groups is 1. The number of nitrogens with zero attached hydrogens (tertiary/aromatic N) is 2. The van der Waals surface area contributed by atoms with Crippen LogP contribution in [-0.2, 0) is 13.2 Å². The first-order valence-electron chi connectivity index (χ1n) is 7.55. The average Bonchev–Trinajstić information content (AvgIpc) is 3.06.